The Morgan fingerprint density at radius 3 is 2.62 bits per heavy atom. The highest BCUT2D eigenvalue weighted by Gasteiger charge is 2.38. The SMILES string of the molecule is CCCCCCC/C=C/CO[C@@H]1[C@@H](O)[C@H](CO)OC[C@H]1O. The molecule has 1 fully saturated rings. The number of unbranched alkanes of at least 4 members (excludes halogenated alkanes) is 5. The molecule has 1 heterocycles. The molecule has 1 rings (SSSR count). The van der Waals surface area contributed by atoms with E-state index in [4.69, 9.17) is 14.6 Å². The Hall–Kier alpha value is -0.460. The van der Waals surface area contributed by atoms with Crippen LogP contribution >= 0.6 is 0 Å². The van der Waals surface area contributed by atoms with E-state index < -0.39 is 24.4 Å². The van der Waals surface area contributed by atoms with E-state index >= 15 is 0 Å². The summed E-state index contributed by atoms with van der Waals surface area (Å²) < 4.78 is 10.6. The molecule has 0 aromatic carbocycles. The Morgan fingerprint density at radius 2 is 1.90 bits per heavy atom. The third kappa shape index (κ3) is 6.89. The first-order chi connectivity index (χ1) is 10.2. The quantitative estimate of drug-likeness (QED) is 0.420. The van der Waals surface area contributed by atoms with Crippen molar-refractivity contribution in [2.75, 3.05) is 19.8 Å². The molecule has 4 atom stereocenters. The topological polar surface area (TPSA) is 79.2 Å². The first kappa shape index (κ1) is 18.6. The molecular formula is C16H30O5. The van der Waals surface area contributed by atoms with Crippen molar-refractivity contribution in [2.24, 2.45) is 0 Å². The molecule has 1 aliphatic rings. The second kappa shape index (κ2) is 11.2. The largest absolute Gasteiger partial charge is 0.394 e. The maximum absolute atomic E-state index is 9.93. The van der Waals surface area contributed by atoms with Crippen molar-refractivity contribution in [2.45, 2.75) is 69.9 Å². The number of ether oxygens (including phenoxy) is 2. The maximum Gasteiger partial charge on any atom is 0.114 e. The molecule has 5 heteroatoms. The van der Waals surface area contributed by atoms with Crippen LogP contribution in [0.25, 0.3) is 0 Å². The summed E-state index contributed by atoms with van der Waals surface area (Å²) in [5.41, 5.74) is 0. The molecule has 5 nitrogen and oxygen atoms in total. The second-order valence-electron chi connectivity index (χ2n) is 5.58. The smallest absolute Gasteiger partial charge is 0.114 e. The fraction of sp³-hybridized carbons (Fsp3) is 0.875. The first-order valence-electron chi connectivity index (χ1n) is 8.05. The Kier molecular flexibility index (Phi) is 9.87. The van der Waals surface area contributed by atoms with Crippen LogP contribution in [0, 0.1) is 0 Å². The van der Waals surface area contributed by atoms with Gasteiger partial charge in [-0.2, -0.15) is 0 Å². The van der Waals surface area contributed by atoms with Crippen LogP contribution in [0.5, 0.6) is 0 Å². The number of rotatable bonds is 10. The fourth-order valence-corrected chi connectivity index (χ4v) is 2.44. The van der Waals surface area contributed by atoms with Crippen molar-refractivity contribution in [3.63, 3.8) is 0 Å². The van der Waals surface area contributed by atoms with Gasteiger partial charge in [0.2, 0.25) is 0 Å². The third-order valence-electron chi connectivity index (χ3n) is 3.78. The van der Waals surface area contributed by atoms with Gasteiger partial charge in [0, 0.05) is 0 Å². The minimum Gasteiger partial charge on any atom is -0.394 e. The van der Waals surface area contributed by atoms with Crippen LogP contribution in [-0.2, 0) is 9.47 Å². The zero-order valence-electron chi connectivity index (χ0n) is 13.0. The summed E-state index contributed by atoms with van der Waals surface area (Å²) >= 11 is 0. The van der Waals surface area contributed by atoms with Crippen LogP contribution in [0.1, 0.15) is 45.4 Å². The van der Waals surface area contributed by atoms with E-state index in [1.165, 1.54) is 32.1 Å². The number of hydrogen-bond donors (Lipinski definition) is 3. The fourth-order valence-electron chi connectivity index (χ4n) is 2.44. The van der Waals surface area contributed by atoms with Crippen molar-refractivity contribution in [1.29, 1.82) is 0 Å². The van der Waals surface area contributed by atoms with Crippen LogP contribution in [0.3, 0.4) is 0 Å². The molecule has 21 heavy (non-hydrogen) atoms. The van der Waals surface area contributed by atoms with Gasteiger partial charge in [0.15, 0.2) is 0 Å². The second-order valence-corrected chi connectivity index (χ2v) is 5.58. The molecule has 124 valence electrons. The van der Waals surface area contributed by atoms with Gasteiger partial charge in [0.1, 0.15) is 24.4 Å². The van der Waals surface area contributed by atoms with E-state index in [1.807, 2.05) is 6.08 Å². The molecule has 0 amide bonds. The van der Waals surface area contributed by atoms with E-state index in [2.05, 4.69) is 13.0 Å². The zero-order chi connectivity index (χ0) is 15.5. The van der Waals surface area contributed by atoms with Gasteiger partial charge in [-0.1, -0.05) is 44.8 Å². The first-order valence-corrected chi connectivity index (χ1v) is 8.05. The van der Waals surface area contributed by atoms with Crippen LogP contribution in [0.2, 0.25) is 0 Å². The number of allylic oxidation sites excluding steroid dienone is 1. The molecule has 0 aromatic rings. The summed E-state index contributed by atoms with van der Waals surface area (Å²) in [6.45, 7) is 2.36. The molecule has 0 unspecified atom stereocenters. The highest BCUT2D eigenvalue weighted by molar-refractivity contribution is 4.89. The minimum absolute atomic E-state index is 0.0775. The lowest BCUT2D eigenvalue weighted by Gasteiger charge is -2.36. The van der Waals surface area contributed by atoms with Crippen molar-refractivity contribution in [1.82, 2.24) is 0 Å². The van der Waals surface area contributed by atoms with Gasteiger partial charge >= 0.3 is 0 Å². The summed E-state index contributed by atoms with van der Waals surface area (Å²) in [5, 5.41) is 28.7. The van der Waals surface area contributed by atoms with Gasteiger partial charge in [-0.3, -0.25) is 0 Å². The average molecular weight is 302 g/mol. The molecule has 0 aromatic heterocycles. The van der Waals surface area contributed by atoms with Gasteiger partial charge in [0.05, 0.1) is 19.8 Å². The van der Waals surface area contributed by atoms with Gasteiger partial charge in [-0.25, -0.2) is 0 Å². The van der Waals surface area contributed by atoms with Gasteiger partial charge in [-0.05, 0) is 12.8 Å². The van der Waals surface area contributed by atoms with Crippen LogP contribution in [0.4, 0.5) is 0 Å². The molecule has 0 radical (unpaired) electrons. The third-order valence-corrected chi connectivity index (χ3v) is 3.78. The van der Waals surface area contributed by atoms with E-state index in [-0.39, 0.29) is 13.2 Å². The monoisotopic (exact) mass is 302 g/mol. The average Bonchev–Trinajstić information content (AvgIpc) is 2.48. The number of aliphatic hydroxyl groups excluding tert-OH is 3. The maximum atomic E-state index is 9.93. The highest BCUT2D eigenvalue weighted by Crippen LogP contribution is 2.18. The van der Waals surface area contributed by atoms with Crippen molar-refractivity contribution in [3.8, 4) is 0 Å². The molecule has 0 aliphatic carbocycles. The normalized spacial score (nSPS) is 30.1. The molecule has 1 saturated heterocycles. The Morgan fingerprint density at radius 1 is 1.14 bits per heavy atom. The lowest BCUT2D eigenvalue weighted by Crippen LogP contribution is -2.55. The highest BCUT2D eigenvalue weighted by atomic mass is 16.6. The summed E-state index contributed by atoms with van der Waals surface area (Å²) in [5.74, 6) is 0. The summed E-state index contributed by atoms with van der Waals surface area (Å²) in [4.78, 5) is 0. The van der Waals surface area contributed by atoms with Crippen molar-refractivity contribution < 1.29 is 24.8 Å². The lowest BCUT2D eigenvalue weighted by molar-refractivity contribution is -0.207. The predicted octanol–water partition coefficient (Wildman–Crippen LogP) is 1.40. The summed E-state index contributed by atoms with van der Waals surface area (Å²) in [7, 11) is 0. The van der Waals surface area contributed by atoms with E-state index in [0.29, 0.717) is 6.61 Å². The lowest BCUT2D eigenvalue weighted by atomic mass is 10.0. The Bertz CT molecular complexity index is 282. The summed E-state index contributed by atoms with van der Waals surface area (Å²) in [6.07, 6.45) is 8.09. The van der Waals surface area contributed by atoms with E-state index in [0.717, 1.165) is 6.42 Å². The zero-order valence-corrected chi connectivity index (χ0v) is 13.0. The number of aliphatic hydroxyl groups is 3. The molecule has 0 bridgehead atoms. The Labute approximate surface area is 127 Å². The summed E-state index contributed by atoms with van der Waals surface area (Å²) in [6, 6.07) is 0. The van der Waals surface area contributed by atoms with E-state index in [9.17, 15) is 10.2 Å². The van der Waals surface area contributed by atoms with Crippen LogP contribution in [0.15, 0.2) is 12.2 Å². The minimum atomic E-state index is -0.999. The molecule has 3 N–H and O–H groups in total. The predicted molar refractivity (Wildman–Crippen MR) is 81.1 cm³/mol. The van der Waals surface area contributed by atoms with Crippen LogP contribution < -0.4 is 0 Å². The van der Waals surface area contributed by atoms with Crippen molar-refractivity contribution in [3.05, 3.63) is 12.2 Å². The molecule has 1 aliphatic heterocycles. The molecule has 0 spiro atoms. The Balaban J connectivity index is 2.15. The van der Waals surface area contributed by atoms with E-state index in [1.54, 1.807) is 0 Å². The standard InChI is InChI=1S/C16H30O5/c1-2-3-4-5-6-7-8-9-10-20-16-13(18)12-21-14(11-17)15(16)19/h8-9,13-19H,2-7,10-12H2,1H3/b9-8+/t13-,14+,15+,16+/m1/s1. The van der Waals surface area contributed by atoms with Gasteiger partial charge < -0.3 is 24.8 Å². The number of hydrogen-bond acceptors (Lipinski definition) is 5. The van der Waals surface area contributed by atoms with Crippen molar-refractivity contribution >= 4 is 0 Å². The van der Waals surface area contributed by atoms with Crippen LogP contribution in [-0.4, -0.2) is 59.6 Å². The van der Waals surface area contributed by atoms with Gasteiger partial charge in [0.25, 0.3) is 0 Å². The molecule has 0 saturated carbocycles. The van der Waals surface area contributed by atoms with Gasteiger partial charge in [-0.15, -0.1) is 0 Å². The molecular weight excluding hydrogens is 272 g/mol.